The first kappa shape index (κ1) is 20.5. The van der Waals surface area contributed by atoms with E-state index in [0.717, 1.165) is 38.4 Å². The van der Waals surface area contributed by atoms with Crippen LogP contribution in [0.15, 0.2) is 82.6 Å². The number of methoxy groups -OCH3 is 2. The number of benzene rings is 3. The molecule has 0 saturated heterocycles. The molecule has 1 N–H and O–H groups in total. The van der Waals surface area contributed by atoms with Crippen LogP contribution in [0.25, 0.3) is 33.2 Å². The van der Waals surface area contributed by atoms with Crippen molar-refractivity contribution in [1.82, 2.24) is 9.97 Å². The van der Waals surface area contributed by atoms with Crippen molar-refractivity contribution in [2.75, 3.05) is 19.6 Å². The highest BCUT2D eigenvalue weighted by atomic mass is 16.5. The molecule has 0 aliphatic heterocycles. The summed E-state index contributed by atoms with van der Waals surface area (Å²) in [7, 11) is 3.22. The number of hydrogen-bond acceptors (Lipinski definition) is 7. The Balaban J connectivity index is 1.67. The van der Waals surface area contributed by atoms with Gasteiger partial charge in [0.25, 0.3) is 0 Å². The standard InChI is InChI=1S/C26H22N4O3/c1-16-8-10-18-21(29-30-26-19-6-4-5-7-20(19)27-15-28-26)14-23(33-24(18)12-16)17-9-11-22(31-2)25(13-17)32-3/h4-15H,1-3H3,(H,27,28,30)/b29-21+. The second-order valence-corrected chi connectivity index (χ2v) is 7.53. The van der Waals surface area contributed by atoms with Crippen molar-refractivity contribution < 1.29 is 13.9 Å². The van der Waals surface area contributed by atoms with E-state index in [-0.39, 0.29) is 0 Å². The van der Waals surface area contributed by atoms with Crippen molar-refractivity contribution >= 4 is 27.7 Å². The molecule has 0 aliphatic rings. The molecule has 33 heavy (non-hydrogen) atoms. The highest BCUT2D eigenvalue weighted by Gasteiger charge is 2.11. The van der Waals surface area contributed by atoms with Crippen LogP contribution in [-0.2, 0) is 0 Å². The number of aromatic nitrogens is 2. The maximum Gasteiger partial charge on any atom is 0.161 e. The first-order valence-electron chi connectivity index (χ1n) is 10.4. The van der Waals surface area contributed by atoms with Crippen LogP contribution in [0.4, 0.5) is 5.82 Å². The Kier molecular flexibility index (Phi) is 5.36. The van der Waals surface area contributed by atoms with E-state index in [1.54, 1.807) is 14.2 Å². The molecule has 0 unspecified atom stereocenters. The van der Waals surface area contributed by atoms with E-state index in [9.17, 15) is 0 Å². The molecule has 0 saturated carbocycles. The number of anilines is 1. The average molecular weight is 438 g/mol. The Bertz CT molecular complexity index is 1540. The Morgan fingerprint density at radius 1 is 0.848 bits per heavy atom. The molecule has 164 valence electrons. The number of nitrogens with one attached hydrogen (secondary N) is 1. The van der Waals surface area contributed by atoms with E-state index in [1.807, 2.05) is 73.7 Å². The molecule has 7 heteroatoms. The molecule has 5 rings (SSSR count). The molecular weight excluding hydrogens is 416 g/mol. The van der Waals surface area contributed by atoms with E-state index in [1.165, 1.54) is 6.33 Å². The van der Waals surface area contributed by atoms with E-state index in [4.69, 9.17) is 19.0 Å². The molecule has 0 atom stereocenters. The van der Waals surface area contributed by atoms with Crippen molar-refractivity contribution in [3.8, 4) is 22.8 Å². The van der Waals surface area contributed by atoms with Gasteiger partial charge < -0.3 is 13.9 Å². The summed E-state index contributed by atoms with van der Waals surface area (Å²) in [6, 6.07) is 21.4. The number of nitrogens with zero attached hydrogens (tertiary/aromatic N) is 3. The molecule has 0 amide bonds. The van der Waals surface area contributed by atoms with Gasteiger partial charge in [0.15, 0.2) is 17.3 Å². The lowest BCUT2D eigenvalue weighted by Crippen LogP contribution is -2.08. The molecule has 2 heterocycles. The third kappa shape index (κ3) is 3.96. The zero-order valence-electron chi connectivity index (χ0n) is 18.5. The molecule has 0 spiro atoms. The Morgan fingerprint density at radius 3 is 2.55 bits per heavy atom. The lowest BCUT2D eigenvalue weighted by Gasteiger charge is -2.10. The number of aryl methyl sites for hydroxylation is 1. The van der Waals surface area contributed by atoms with E-state index in [2.05, 4.69) is 15.4 Å². The van der Waals surface area contributed by atoms with Gasteiger partial charge >= 0.3 is 0 Å². The van der Waals surface area contributed by atoms with Crippen LogP contribution >= 0.6 is 0 Å². The lowest BCUT2D eigenvalue weighted by molar-refractivity contribution is 0.355. The Hall–Kier alpha value is -4.39. The SMILES string of the molecule is COc1ccc(-c2c/c(=N\Nc3ncnc4ccccc34)c3ccc(C)cc3o2)cc1OC. The molecule has 3 aromatic carbocycles. The van der Waals surface area contributed by atoms with Crippen LogP contribution in [0.3, 0.4) is 0 Å². The summed E-state index contributed by atoms with van der Waals surface area (Å²) in [4.78, 5) is 8.68. The molecular formula is C26H22N4O3. The molecule has 0 radical (unpaired) electrons. The topological polar surface area (TPSA) is 81.8 Å². The Morgan fingerprint density at radius 2 is 1.70 bits per heavy atom. The Labute approximate surface area is 190 Å². The van der Waals surface area contributed by atoms with E-state index in [0.29, 0.717) is 23.1 Å². The van der Waals surface area contributed by atoms with Gasteiger partial charge in [0.1, 0.15) is 17.7 Å². The van der Waals surface area contributed by atoms with Crippen molar-refractivity contribution in [2.24, 2.45) is 5.10 Å². The van der Waals surface area contributed by atoms with Crippen molar-refractivity contribution in [1.29, 1.82) is 0 Å². The van der Waals surface area contributed by atoms with Crippen LogP contribution in [-0.4, -0.2) is 24.2 Å². The minimum atomic E-state index is 0.624. The number of fused-ring (bicyclic) bond motifs is 2. The normalized spacial score (nSPS) is 11.7. The van der Waals surface area contributed by atoms with Crippen LogP contribution in [0.1, 0.15) is 5.56 Å². The first-order valence-corrected chi connectivity index (χ1v) is 10.4. The van der Waals surface area contributed by atoms with Gasteiger partial charge in [0, 0.05) is 22.4 Å². The summed E-state index contributed by atoms with van der Waals surface area (Å²) in [6.45, 7) is 2.03. The molecule has 2 aromatic heterocycles. The summed E-state index contributed by atoms with van der Waals surface area (Å²) in [5.74, 6) is 2.56. The highest BCUT2D eigenvalue weighted by Crippen LogP contribution is 2.33. The van der Waals surface area contributed by atoms with Crippen LogP contribution in [0.2, 0.25) is 0 Å². The van der Waals surface area contributed by atoms with Gasteiger partial charge in [0.2, 0.25) is 0 Å². The zero-order valence-corrected chi connectivity index (χ0v) is 18.5. The summed E-state index contributed by atoms with van der Waals surface area (Å²) >= 11 is 0. The molecule has 5 aromatic rings. The second kappa shape index (κ2) is 8.63. The summed E-state index contributed by atoms with van der Waals surface area (Å²) in [6.07, 6.45) is 1.52. The minimum absolute atomic E-state index is 0.624. The number of rotatable bonds is 5. The van der Waals surface area contributed by atoms with Gasteiger partial charge in [0.05, 0.1) is 25.1 Å². The van der Waals surface area contributed by atoms with Gasteiger partial charge in [-0.05, 0) is 55.0 Å². The van der Waals surface area contributed by atoms with E-state index >= 15 is 0 Å². The van der Waals surface area contributed by atoms with Gasteiger partial charge in [-0.1, -0.05) is 18.2 Å². The monoisotopic (exact) mass is 438 g/mol. The maximum absolute atomic E-state index is 6.25. The predicted octanol–water partition coefficient (Wildman–Crippen LogP) is 5.30. The predicted molar refractivity (Wildman–Crippen MR) is 128 cm³/mol. The first-order chi connectivity index (χ1) is 16.2. The van der Waals surface area contributed by atoms with Crippen LogP contribution < -0.4 is 20.3 Å². The van der Waals surface area contributed by atoms with E-state index < -0.39 is 0 Å². The third-order valence-corrected chi connectivity index (χ3v) is 5.39. The molecule has 0 bridgehead atoms. The van der Waals surface area contributed by atoms with Gasteiger partial charge in [-0.25, -0.2) is 9.97 Å². The highest BCUT2D eigenvalue weighted by molar-refractivity contribution is 5.88. The zero-order chi connectivity index (χ0) is 22.8. The summed E-state index contributed by atoms with van der Waals surface area (Å²) < 4.78 is 17.1. The number of ether oxygens (including phenoxy) is 2. The molecule has 7 nitrogen and oxygen atoms in total. The average Bonchev–Trinajstić information content (AvgIpc) is 2.86. The van der Waals surface area contributed by atoms with Crippen molar-refractivity contribution in [2.45, 2.75) is 6.92 Å². The molecule has 0 aliphatic carbocycles. The maximum atomic E-state index is 6.25. The second-order valence-electron chi connectivity index (χ2n) is 7.53. The van der Waals surface area contributed by atoms with Crippen molar-refractivity contribution in [3.63, 3.8) is 0 Å². The van der Waals surface area contributed by atoms with Crippen molar-refractivity contribution in [3.05, 3.63) is 84.0 Å². The smallest absolute Gasteiger partial charge is 0.161 e. The van der Waals surface area contributed by atoms with Gasteiger partial charge in [-0.2, -0.15) is 5.10 Å². The van der Waals surface area contributed by atoms with Gasteiger partial charge in [-0.15, -0.1) is 0 Å². The molecule has 0 fully saturated rings. The summed E-state index contributed by atoms with van der Waals surface area (Å²) in [5, 5.41) is 7.19. The third-order valence-electron chi connectivity index (χ3n) is 5.39. The summed E-state index contributed by atoms with van der Waals surface area (Å²) in [5.41, 5.74) is 6.64. The quantitative estimate of drug-likeness (QED) is 0.375. The van der Waals surface area contributed by atoms with Crippen LogP contribution in [0, 0.1) is 6.92 Å². The minimum Gasteiger partial charge on any atom is -0.493 e. The number of para-hydroxylation sites is 1. The van der Waals surface area contributed by atoms with Crippen LogP contribution in [0.5, 0.6) is 11.5 Å². The fourth-order valence-electron chi connectivity index (χ4n) is 3.71. The fourth-order valence-corrected chi connectivity index (χ4v) is 3.71. The fraction of sp³-hybridized carbons (Fsp3) is 0.115. The van der Waals surface area contributed by atoms with Gasteiger partial charge in [-0.3, -0.25) is 5.43 Å². The number of hydrogen-bond donors (Lipinski definition) is 1. The lowest BCUT2D eigenvalue weighted by atomic mass is 10.1. The largest absolute Gasteiger partial charge is 0.493 e.